The van der Waals surface area contributed by atoms with Crippen molar-refractivity contribution in [3.63, 3.8) is 0 Å². The van der Waals surface area contributed by atoms with Gasteiger partial charge in [0.15, 0.2) is 0 Å². The second-order valence-corrected chi connectivity index (χ2v) is 5.49. The molecule has 0 radical (unpaired) electrons. The molecule has 2 rings (SSSR count). The molecule has 96 valence electrons. The summed E-state index contributed by atoms with van der Waals surface area (Å²) >= 11 is 3.40. The van der Waals surface area contributed by atoms with E-state index in [1.807, 2.05) is 24.3 Å². The van der Waals surface area contributed by atoms with Gasteiger partial charge in [-0.1, -0.05) is 15.9 Å². The fourth-order valence-electron chi connectivity index (χ4n) is 2.19. The predicted octanol–water partition coefficient (Wildman–Crippen LogP) is 3.06. The van der Waals surface area contributed by atoms with E-state index < -0.39 is 0 Å². The quantitative estimate of drug-likeness (QED) is 0.857. The zero-order valence-electron chi connectivity index (χ0n) is 10.3. The molecule has 1 saturated heterocycles. The largest absolute Gasteiger partial charge is 0.492 e. The van der Waals surface area contributed by atoms with Crippen LogP contribution in [0.3, 0.4) is 0 Å². The monoisotopic (exact) mass is 308 g/mol. The van der Waals surface area contributed by atoms with E-state index in [-0.39, 0.29) is 5.92 Å². The van der Waals surface area contributed by atoms with Gasteiger partial charge in [0.1, 0.15) is 12.4 Å². The van der Waals surface area contributed by atoms with Crippen LogP contribution in [0.4, 0.5) is 0 Å². The maximum Gasteiger partial charge on any atom is 0.119 e. The second kappa shape index (κ2) is 6.77. The molecular formula is C14H17BrN2O. The summed E-state index contributed by atoms with van der Waals surface area (Å²) in [4.78, 5) is 2.32. The predicted molar refractivity (Wildman–Crippen MR) is 74.4 cm³/mol. The second-order valence-electron chi connectivity index (χ2n) is 4.57. The van der Waals surface area contributed by atoms with Crippen molar-refractivity contribution in [3.8, 4) is 11.8 Å². The molecule has 18 heavy (non-hydrogen) atoms. The van der Waals surface area contributed by atoms with Crippen LogP contribution in [0.1, 0.15) is 12.8 Å². The van der Waals surface area contributed by atoms with Crippen molar-refractivity contribution in [2.45, 2.75) is 12.8 Å². The van der Waals surface area contributed by atoms with Crippen LogP contribution < -0.4 is 4.74 Å². The van der Waals surface area contributed by atoms with Crippen LogP contribution in [0.15, 0.2) is 28.7 Å². The summed E-state index contributed by atoms with van der Waals surface area (Å²) in [7, 11) is 0. The van der Waals surface area contributed by atoms with Gasteiger partial charge in [0.25, 0.3) is 0 Å². The molecule has 4 heteroatoms. The molecule has 0 N–H and O–H groups in total. The van der Waals surface area contributed by atoms with Crippen LogP contribution in [0.5, 0.6) is 5.75 Å². The van der Waals surface area contributed by atoms with Crippen molar-refractivity contribution in [2.24, 2.45) is 5.92 Å². The molecule has 3 nitrogen and oxygen atoms in total. The number of hydrogen-bond acceptors (Lipinski definition) is 3. The van der Waals surface area contributed by atoms with Crippen LogP contribution in [-0.2, 0) is 0 Å². The van der Waals surface area contributed by atoms with Gasteiger partial charge in [-0.2, -0.15) is 5.26 Å². The summed E-state index contributed by atoms with van der Waals surface area (Å²) in [5.74, 6) is 1.10. The molecule has 0 saturated carbocycles. The molecule has 1 atom stereocenters. The van der Waals surface area contributed by atoms with Gasteiger partial charge >= 0.3 is 0 Å². The Kier molecular flexibility index (Phi) is 5.03. The molecule has 0 aromatic heterocycles. The lowest BCUT2D eigenvalue weighted by Gasteiger charge is -2.29. The molecule has 0 bridgehead atoms. The zero-order valence-corrected chi connectivity index (χ0v) is 11.9. The third-order valence-electron chi connectivity index (χ3n) is 3.18. The standard InChI is InChI=1S/C14H17BrN2O/c15-13-3-5-14(6-4-13)18-9-8-17-7-1-2-12(10-16)11-17/h3-6,12H,1-2,7-9,11H2. The van der Waals surface area contributed by atoms with Gasteiger partial charge in [-0.3, -0.25) is 4.90 Å². The van der Waals surface area contributed by atoms with E-state index in [1.165, 1.54) is 0 Å². The number of piperidine rings is 1. The number of ether oxygens (including phenoxy) is 1. The van der Waals surface area contributed by atoms with E-state index in [4.69, 9.17) is 10.00 Å². The van der Waals surface area contributed by atoms with E-state index in [1.54, 1.807) is 0 Å². The van der Waals surface area contributed by atoms with E-state index in [9.17, 15) is 0 Å². The van der Waals surface area contributed by atoms with Crippen LogP contribution in [-0.4, -0.2) is 31.1 Å². The molecule has 0 spiro atoms. The fourth-order valence-corrected chi connectivity index (χ4v) is 2.45. The fraction of sp³-hybridized carbons (Fsp3) is 0.500. The van der Waals surface area contributed by atoms with Crippen molar-refractivity contribution in [3.05, 3.63) is 28.7 Å². The summed E-state index contributed by atoms with van der Waals surface area (Å²) in [6, 6.07) is 10.2. The van der Waals surface area contributed by atoms with Crippen molar-refractivity contribution >= 4 is 15.9 Å². The Morgan fingerprint density at radius 3 is 2.89 bits per heavy atom. The van der Waals surface area contributed by atoms with Gasteiger partial charge < -0.3 is 4.74 Å². The summed E-state index contributed by atoms with van der Waals surface area (Å²) in [6.45, 7) is 3.55. The number of halogens is 1. The van der Waals surface area contributed by atoms with Crippen molar-refractivity contribution in [1.82, 2.24) is 4.90 Å². The molecule has 0 amide bonds. The minimum atomic E-state index is 0.200. The number of likely N-dealkylation sites (tertiary alicyclic amines) is 1. The maximum absolute atomic E-state index is 8.93. The molecule has 1 aliphatic rings. The SMILES string of the molecule is N#CC1CCCN(CCOc2ccc(Br)cc2)C1. The van der Waals surface area contributed by atoms with Crippen LogP contribution in [0.2, 0.25) is 0 Å². The summed E-state index contributed by atoms with van der Waals surface area (Å²) in [5, 5.41) is 8.93. The first-order valence-corrected chi connectivity index (χ1v) is 7.07. The van der Waals surface area contributed by atoms with E-state index in [0.717, 1.165) is 42.7 Å². The zero-order chi connectivity index (χ0) is 12.8. The Hall–Kier alpha value is -1.05. The third-order valence-corrected chi connectivity index (χ3v) is 3.71. The number of benzene rings is 1. The lowest BCUT2D eigenvalue weighted by atomic mass is 10.00. The minimum absolute atomic E-state index is 0.200. The van der Waals surface area contributed by atoms with Crippen LogP contribution in [0.25, 0.3) is 0 Å². The summed E-state index contributed by atoms with van der Waals surface area (Å²) < 4.78 is 6.75. The topological polar surface area (TPSA) is 36.3 Å². The van der Waals surface area contributed by atoms with Crippen molar-refractivity contribution in [1.29, 1.82) is 5.26 Å². The number of nitriles is 1. The minimum Gasteiger partial charge on any atom is -0.492 e. The lowest BCUT2D eigenvalue weighted by Crippen LogP contribution is -2.37. The number of nitrogens with zero attached hydrogens (tertiary/aromatic N) is 2. The Balaban J connectivity index is 1.72. The van der Waals surface area contributed by atoms with Gasteiger partial charge in [-0.25, -0.2) is 0 Å². The smallest absolute Gasteiger partial charge is 0.119 e. The first-order valence-electron chi connectivity index (χ1n) is 6.28. The Morgan fingerprint density at radius 1 is 1.39 bits per heavy atom. The van der Waals surface area contributed by atoms with E-state index in [0.29, 0.717) is 6.61 Å². The highest BCUT2D eigenvalue weighted by Gasteiger charge is 2.18. The summed E-state index contributed by atoms with van der Waals surface area (Å²) in [6.07, 6.45) is 2.16. The van der Waals surface area contributed by atoms with E-state index in [2.05, 4.69) is 26.9 Å². The molecule has 1 aliphatic heterocycles. The lowest BCUT2D eigenvalue weighted by molar-refractivity contribution is 0.164. The van der Waals surface area contributed by atoms with Gasteiger partial charge in [-0.15, -0.1) is 0 Å². The Morgan fingerprint density at radius 2 is 2.17 bits per heavy atom. The molecule has 1 aromatic rings. The van der Waals surface area contributed by atoms with Crippen LogP contribution in [0, 0.1) is 17.2 Å². The molecular weight excluding hydrogens is 292 g/mol. The third kappa shape index (κ3) is 4.01. The molecule has 1 fully saturated rings. The molecule has 1 heterocycles. The molecule has 1 aromatic carbocycles. The van der Waals surface area contributed by atoms with Crippen LogP contribution >= 0.6 is 15.9 Å². The molecule has 0 aliphatic carbocycles. The van der Waals surface area contributed by atoms with Gasteiger partial charge in [0.05, 0.1) is 12.0 Å². The highest BCUT2D eigenvalue weighted by molar-refractivity contribution is 9.10. The average Bonchev–Trinajstić information content (AvgIpc) is 2.41. The Bertz CT molecular complexity index is 413. The van der Waals surface area contributed by atoms with Crippen molar-refractivity contribution < 1.29 is 4.74 Å². The van der Waals surface area contributed by atoms with Gasteiger partial charge in [-0.05, 0) is 43.7 Å². The average molecular weight is 309 g/mol. The van der Waals surface area contributed by atoms with Gasteiger partial charge in [0.2, 0.25) is 0 Å². The number of hydrogen-bond donors (Lipinski definition) is 0. The van der Waals surface area contributed by atoms with E-state index >= 15 is 0 Å². The highest BCUT2D eigenvalue weighted by Crippen LogP contribution is 2.17. The first-order chi connectivity index (χ1) is 8.78. The van der Waals surface area contributed by atoms with Gasteiger partial charge in [0, 0.05) is 17.6 Å². The highest BCUT2D eigenvalue weighted by atomic mass is 79.9. The normalized spacial score (nSPS) is 20.3. The Labute approximate surface area is 116 Å². The number of rotatable bonds is 4. The maximum atomic E-state index is 8.93. The molecule has 1 unspecified atom stereocenters. The first kappa shape index (κ1) is 13.4. The summed E-state index contributed by atoms with van der Waals surface area (Å²) in [5.41, 5.74) is 0. The van der Waals surface area contributed by atoms with Crippen molar-refractivity contribution in [2.75, 3.05) is 26.2 Å².